The molecule has 0 aliphatic carbocycles. The molecule has 0 radical (unpaired) electrons. The molecule has 0 spiro atoms. The van der Waals surface area contributed by atoms with E-state index in [1.807, 2.05) is 6.07 Å². The van der Waals surface area contributed by atoms with E-state index in [9.17, 15) is 4.39 Å². The number of benzene rings is 1. The summed E-state index contributed by atoms with van der Waals surface area (Å²) < 4.78 is 18.7. The molecule has 0 saturated carbocycles. The minimum atomic E-state index is -0.254. The summed E-state index contributed by atoms with van der Waals surface area (Å²) in [7, 11) is 1.49. The summed E-state index contributed by atoms with van der Waals surface area (Å²) >= 11 is 0. The molecule has 96 valence electrons. The average Bonchev–Trinajstić information content (AvgIpc) is 2.35. The highest BCUT2D eigenvalue weighted by atomic mass is 19.1. The van der Waals surface area contributed by atoms with Crippen LogP contribution < -0.4 is 10.1 Å². The smallest absolute Gasteiger partial charge is 0.169 e. The third-order valence-electron chi connectivity index (χ3n) is 2.79. The fourth-order valence-electron chi connectivity index (χ4n) is 1.75. The Morgan fingerprint density at radius 1 is 1.24 bits per heavy atom. The minimum absolute atomic E-state index is 0.254. The number of halogens is 1. The largest absolute Gasteiger partial charge is 0.494 e. The maximum atomic E-state index is 13.7. The van der Waals surface area contributed by atoms with E-state index in [1.54, 1.807) is 12.1 Å². The number of methoxy groups -OCH3 is 1. The Kier molecular flexibility index (Phi) is 6.63. The van der Waals surface area contributed by atoms with Crippen LogP contribution in [0.5, 0.6) is 5.75 Å². The number of ether oxygens (including phenoxy) is 1. The van der Waals surface area contributed by atoms with Crippen LogP contribution in [0.1, 0.15) is 38.2 Å². The topological polar surface area (TPSA) is 21.3 Å². The predicted octanol–water partition coefficient (Wildman–Crippen LogP) is 3.50. The average molecular weight is 239 g/mol. The summed E-state index contributed by atoms with van der Waals surface area (Å²) in [4.78, 5) is 0. The van der Waals surface area contributed by atoms with Crippen LogP contribution in [0.3, 0.4) is 0 Å². The lowest BCUT2D eigenvalue weighted by molar-refractivity contribution is 0.383. The van der Waals surface area contributed by atoms with Crippen LogP contribution in [0.2, 0.25) is 0 Å². The zero-order valence-electron chi connectivity index (χ0n) is 10.8. The zero-order valence-corrected chi connectivity index (χ0v) is 10.8. The maximum absolute atomic E-state index is 13.7. The van der Waals surface area contributed by atoms with Crippen LogP contribution in [0.4, 0.5) is 4.39 Å². The molecule has 0 bridgehead atoms. The van der Waals surface area contributed by atoms with Crippen molar-refractivity contribution in [2.75, 3.05) is 13.7 Å². The highest BCUT2D eigenvalue weighted by molar-refractivity contribution is 5.30. The summed E-state index contributed by atoms with van der Waals surface area (Å²) in [6.45, 7) is 3.70. The molecule has 0 unspecified atom stereocenters. The van der Waals surface area contributed by atoms with Gasteiger partial charge in [-0.25, -0.2) is 4.39 Å². The Labute approximate surface area is 103 Å². The van der Waals surface area contributed by atoms with Crippen molar-refractivity contribution in [2.24, 2.45) is 0 Å². The van der Waals surface area contributed by atoms with Crippen molar-refractivity contribution in [1.29, 1.82) is 0 Å². The van der Waals surface area contributed by atoms with Crippen molar-refractivity contribution in [3.05, 3.63) is 29.6 Å². The first-order chi connectivity index (χ1) is 8.29. The first kappa shape index (κ1) is 14.0. The fraction of sp³-hybridized carbons (Fsp3) is 0.571. The zero-order chi connectivity index (χ0) is 12.5. The monoisotopic (exact) mass is 239 g/mol. The molecule has 2 nitrogen and oxygen atoms in total. The van der Waals surface area contributed by atoms with E-state index in [4.69, 9.17) is 4.74 Å². The van der Waals surface area contributed by atoms with E-state index < -0.39 is 0 Å². The van der Waals surface area contributed by atoms with Crippen molar-refractivity contribution < 1.29 is 9.13 Å². The van der Waals surface area contributed by atoms with Gasteiger partial charge in [-0.05, 0) is 19.0 Å². The van der Waals surface area contributed by atoms with Crippen molar-refractivity contribution in [3.8, 4) is 5.75 Å². The minimum Gasteiger partial charge on any atom is -0.494 e. The van der Waals surface area contributed by atoms with Gasteiger partial charge in [0.25, 0.3) is 0 Å². The van der Waals surface area contributed by atoms with Crippen LogP contribution in [-0.2, 0) is 6.54 Å². The molecule has 0 heterocycles. The molecule has 0 aromatic heterocycles. The first-order valence-electron chi connectivity index (χ1n) is 6.31. The molecule has 0 aliphatic rings. The molecule has 17 heavy (non-hydrogen) atoms. The third-order valence-corrected chi connectivity index (χ3v) is 2.79. The highest BCUT2D eigenvalue weighted by Gasteiger charge is 2.06. The van der Waals surface area contributed by atoms with Crippen molar-refractivity contribution in [1.82, 2.24) is 5.32 Å². The van der Waals surface area contributed by atoms with E-state index >= 15 is 0 Å². The van der Waals surface area contributed by atoms with E-state index in [1.165, 1.54) is 26.4 Å². The van der Waals surface area contributed by atoms with E-state index in [0.29, 0.717) is 17.9 Å². The highest BCUT2D eigenvalue weighted by Crippen LogP contribution is 2.19. The van der Waals surface area contributed by atoms with E-state index in [-0.39, 0.29) is 5.82 Å². The first-order valence-corrected chi connectivity index (χ1v) is 6.31. The van der Waals surface area contributed by atoms with Gasteiger partial charge in [-0.2, -0.15) is 0 Å². The van der Waals surface area contributed by atoms with Crippen molar-refractivity contribution in [3.63, 3.8) is 0 Å². The van der Waals surface area contributed by atoms with Gasteiger partial charge in [0.15, 0.2) is 11.6 Å². The molecular formula is C14H22FNO. The maximum Gasteiger partial charge on any atom is 0.169 e. The number of hydrogen-bond donors (Lipinski definition) is 1. The second-order valence-corrected chi connectivity index (χ2v) is 4.17. The molecule has 0 amide bonds. The van der Waals surface area contributed by atoms with Gasteiger partial charge in [0.2, 0.25) is 0 Å². The molecule has 1 aromatic rings. The Morgan fingerprint density at radius 2 is 2.06 bits per heavy atom. The molecule has 1 rings (SSSR count). The van der Waals surface area contributed by atoms with Gasteiger partial charge in [0.05, 0.1) is 7.11 Å². The lowest BCUT2D eigenvalue weighted by Crippen LogP contribution is -2.15. The number of nitrogens with one attached hydrogen (secondary N) is 1. The number of unbranched alkanes of at least 4 members (excludes halogenated alkanes) is 3. The van der Waals surface area contributed by atoms with Gasteiger partial charge in [-0.1, -0.05) is 38.3 Å². The second kappa shape index (κ2) is 8.07. The molecule has 0 saturated heterocycles. The van der Waals surface area contributed by atoms with Crippen LogP contribution >= 0.6 is 0 Å². The Balaban J connectivity index is 2.31. The van der Waals surface area contributed by atoms with Crippen LogP contribution in [0.25, 0.3) is 0 Å². The number of rotatable bonds is 8. The van der Waals surface area contributed by atoms with Crippen molar-refractivity contribution >= 4 is 0 Å². The van der Waals surface area contributed by atoms with Gasteiger partial charge in [-0.15, -0.1) is 0 Å². The molecule has 1 N–H and O–H groups in total. The van der Waals surface area contributed by atoms with Gasteiger partial charge >= 0.3 is 0 Å². The standard InChI is InChI=1S/C14H22FNO/c1-3-4-5-6-10-16-11-12-8-7-9-13(17-2)14(12)15/h7-9,16H,3-6,10-11H2,1-2H3. The fourth-order valence-corrected chi connectivity index (χ4v) is 1.75. The lowest BCUT2D eigenvalue weighted by Gasteiger charge is -2.08. The van der Waals surface area contributed by atoms with E-state index in [2.05, 4.69) is 12.2 Å². The van der Waals surface area contributed by atoms with Crippen LogP contribution in [0.15, 0.2) is 18.2 Å². The lowest BCUT2D eigenvalue weighted by atomic mass is 10.2. The Hall–Kier alpha value is -1.09. The van der Waals surface area contributed by atoms with Crippen LogP contribution in [-0.4, -0.2) is 13.7 Å². The molecule has 1 aromatic carbocycles. The van der Waals surface area contributed by atoms with Gasteiger partial charge in [-0.3, -0.25) is 0 Å². The number of hydrogen-bond acceptors (Lipinski definition) is 2. The summed E-state index contributed by atoms with van der Waals surface area (Å²) in [6.07, 6.45) is 4.91. The summed E-state index contributed by atoms with van der Waals surface area (Å²) in [5.74, 6) is 0.0614. The van der Waals surface area contributed by atoms with Crippen molar-refractivity contribution in [2.45, 2.75) is 39.2 Å². The molecular weight excluding hydrogens is 217 g/mol. The second-order valence-electron chi connectivity index (χ2n) is 4.17. The van der Waals surface area contributed by atoms with E-state index in [0.717, 1.165) is 13.0 Å². The van der Waals surface area contributed by atoms with Gasteiger partial charge in [0, 0.05) is 12.1 Å². The summed E-state index contributed by atoms with van der Waals surface area (Å²) in [6, 6.07) is 5.24. The molecule has 0 fully saturated rings. The van der Waals surface area contributed by atoms with Crippen LogP contribution in [0, 0.1) is 5.82 Å². The normalized spacial score (nSPS) is 10.5. The molecule has 3 heteroatoms. The SMILES string of the molecule is CCCCCCNCc1cccc(OC)c1F. The van der Waals surface area contributed by atoms with Gasteiger partial charge in [0.1, 0.15) is 0 Å². The molecule has 0 aliphatic heterocycles. The summed E-state index contributed by atoms with van der Waals surface area (Å²) in [5, 5.41) is 3.26. The Morgan fingerprint density at radius 3 is 2.76 bits per heavy atom. The molecule has 0 atom stereocenters. The quantitative estimate of drug-likeness (QED) is 0.701. The Bertz CT molecular complexity index is 328. The third kappa shape index (κ3) is 4.73. The van der Waals surface area contributed by atoms with Gasteiger partial charge < -0.3 is 10.1 Å². The predicted molar refractivity (Wildman–Crippen MR) is 68.8 cm³/mol. The summed E-state index contributed by atoms with van der Waals surface area (Å²) in [5.41, 5.74) is 0.667.